The van der Waals surface area contributed by atoms with Gasteiger partial charge in [0.1, 0.15) is 4.99 Å². The Morgan fingerprint density at radius 3 is 2.32 bits per heavy atom. The number of thiocarbonyl (C=S) groups is 1. The molecule has 4 nitrogen and oxygen atoms in total. The van der Waals surface area contributed by atoms with E-state index in [-0.39, 0.29) is 10.7 Å². The molecule has 0 aliphatic carbocycles. The number of sulfone groups is 1. The van der Waals surface area contributed by atoms with Crippen LogP contribution in [0.3, 0.4) is 0 Å². The maximum atomic E-state index is 12.1. The Labute approximate surface area is 120 Å². The van der Waals surface area contributed by atoms with Crippen molar-refractivity contribution in [1.29, 1.82) is 0 Å². The van der Waals surface area contributed by atoms with Crippen molar-refractivity contribution in [2.24, 2.45) is 5.73 Å². The number of nitrogens with two attached hydrogens (primary N) is 1. The van der Waals surface area contributed by atoms with E-state index in [1.54, 1.807) is 24.3 Å². The van der Waals surface area contributed by atoms with E-state index in [1.165, 1.54) is 0 Å². The summed E-state index contributed by atoms with van der Waals surface area (Å²) < 4.78 is 24.3. The number of nitrogens with zero attached hydrogens (tertiary/aromatic N) is 1. The van der Waals surface area contributed by atoms with Crippen LogP contribution in [0.5, 0.6) is 0 Å². The minimum Gasteiger partial charge on any atom is -0.389 e. The molecule has 106 valence electrons. The predicted octanol–water partition coefficient (Wildman–Crippen LogP) is 1.44. The first-order valence-corrected chi connectivity index (χ1v) is 8.24. The molecule has 1 aromatic carbocycles. The molecule has 0 amide bonds. The quantitative estimate of drug-likeness (QED) is 0.772. The van der Waals surface area contributed by atoms with Crippen LogP contribution in [-0.4, -0.2) is 44.2 Å². The summed E-state index contributed by atoms with van der Waals surface area (Å²) in [6.07, 6.45) is 1.01. The molecule has 0 bridgehead atoms. The Morgan fingerprint density at radius 1 is 1.26 bits per heavy atom. The lowest BCUT2D eigenvalue weighted by Gasteiger charge is -2.15. The molecule has 6 heteroatoms. The van der Waals surface area contributed by atoms with Gasteiger partial charge in [-0.1, -0.05) is 31.3 Å². The lowest BCUT2D eigenvalue weighted by Crippen LogP contribution is -2.26. The fraction of sp³-hybridized carbons (Fsp3) is 0.462. The number of benzene rings is 1. The first-order valence-electron chi connectivity index (χ1n) is 6.18. The maximum absolute atomic E-state index is 12.1. The average Bonchev–Trinajstić information content (AvgIpc) is 2.37. The van der Waals surface area contributed by atoms with Crippen molar-refractivity contribution in [1.82, 2.24) is 4.90 Å². The molecule has 0 aliphatic rings. The molecule has 0 radical (unpaired) electrons. The zero-order chi connectivity index (χ0) is 14.5. The summed E-state index contributed by atoms with van der Waals surface area (Å²) in [5.41, 5.74) is 6.16. The summed E-state index contributed by atoms with van der Waals surface area (Å²) >= 11 is 4.83. The minimum absolute atomic E-state index is 0.121. The van der Waals surface area contributed by atoms with Crippen molar-refractivity contribution in [2.75, 3.05) is 25.9 Å². The van der Waals surface area contributed by atoms with Crippen LogP contribution in [0, 0.1) is 0 Å². The first kappa shape index (κ1) is 16.1. The molecule has 1 rings (SSSR count). The maximum Gasteiger partial charge on any atom is 0.179 e. The van der Waals surface area contributed by atoms with Crippen molar-refractivity contribution >= 4 is 27.0 Å². The van der Waals surface area contributed by atoms with E-state index in [0.29, 0.717) is 17.0 Å². The zero-order valence-corrected chi connectivity index (χ0v) is 12.9. The van der Waals surface area contributed by atoms with Gasteiger partial charge in [0, 0.05) is 12.1 Å². The predicted molar refractivity (Wildman–Crippen MR) is 82.2 cm³/mol. The van der Waals surface area contributed by atoms with Crippen LogP contribution >= 0.6 is 12.2 Å². The molecule has 0 heterocycles. The van der Waals surface area contributed by atoms with E-state index in [0.717, 1.165) is 13.0 Å². The highest BCUT2D eigenvalue weighted by Crippen LogP contribution is 2.12. The van der Waals surface area contributed by atoms with Crippen LogP contribution in [-0.2, 0) is 9.84 Å². The fourth-order valence-electron chi connectivity index (χ4n) is 1.71. The van der Waals surface area contributed by atoms with Crippen LogP contribution in [0.15, 0.2) is 29.2 Å². The molecule has 0 spiro atoms. The van der Waals surface area contributed by atoms with E-state index in [2.05, 4.69) is 6.92 Å². The van der Waals surface area contributed by atoms with Crippen LogP contribution in [0.2, 0.25) is 0 Å². The van der Waals surface area contributed by atoms with E-state index in [4.69, 9.17) is 18.0 Å². The molecule has 1 aromatic rings. The van der Waals surface area contributed by atoms with E-state index in [9.17, 15) is 8.42 Å². The Hall–Kier alpha value is -0.980. The molecule has 0 aromatic heterocycles. The Balaban J connectivity index is 2.74. The van der Waals surface area contributed by atoms with Crippen molar-refractivity contribution in [2.45, 2.75) is 18.2 Å². The largest absolute Gasteiger partial charge is 0.389 e. The monoisotopic (exact) mass is 300 g/mol. The van der Waals surface area contributed by atoms with Gasteiger partial charge in [-0.15, -0.1) is 0 Å². The summed E-state index contributed by atoms with van der Waals surface area (Å²) in [5, 5.41) is 0. The topological polar surface area (TPSA) is 63.4 Å². The Morgan fingerprint density at radius 2 is 1.84 bits per heavy atom. The van der Waals surface area contributed by atoms with Gasteiger partial charge in [-0.2, -0.15) is 0 Å². The molecule has 0 atom stereocenters. The van der Waals surface area contributed by atoms with Crippen LogP contribution in [0.25, 0.3) is 0 Å². The van der Waals surface area contributed by atoms with Gasteiger partial charge in [-0.3, -0.25) is 0 Å². The van der Waals surface area contributed by atoms with Crippen molar-refractivity contribution < 1.29 is 8.42 Å². The number of hydrogen-bond acceptors (Lipinski definition) is 4. The molecular weight excluding hydrogens is 280 g/mol. The third-order valence-corrected chi connectivity index (χ3v) is 4.79. The Kier molecular flexibility index (Phi) is 5.90. The van der Waals surface area contributed by atoms with Crippen LogP contribution in [0.1, 0.15) is 18.9 Å². The van der Waals surface area contributed by atoms with E-state index < -0.39 is 9.84 Å². The normalized spacial score (nSPS) is 11.7. The van der Waals surface area contributed by atoms with Gasteiger partial charge in [-0.05, 0) is 32.1 Å². The average molecular weight is 300 g/mol. The second-order valence-electron chi connectivity index (χ2n) is 4.51. The van der Waals surface area contributed by atoms with Crippen molar-refractivity contribution in [3.8, 4) is 0 Å². The van der Waals surface area contributed by atoms with Gasteiger partial charge in [0.05, 0.1) is 10.6 Å². The van der Waals surface area contributed by atoms with Crippen LogP contribution in [0.4, 0.5) is 0 Å². The number of rotatable bonds is 7. The molecule has 0 saturated heterocycles. The molecule has 0 saturated carbocycles. The molecule has 0 unspecified atom stereocenters. The standard InChI is InChI=1S/C13H20N2O2S2/c1-3-8-15(2)9-10-19(16,17)12-6-4-11(5-7-12)13(14)18/h4-7H,3,8-10H2,1-2H3,(H2,14,18). The molecule has 19 heavy (non-hydrogen) atoms. The summed E-state index contributed by atoms with van der Waals surface area (Å²) in [4.78, 5) is 2.60. The second-order valence-corrected chi connectivity index (χ2v) is 7.06. The van der Waals surface area contributed by atoms with Crippen molar-refractivity contribution in [3.05, 3.63) is 29.8 Å². The van der Waals surface area contributed by atoms with Gasteiger partial charge in [0.2, 0.25) is 0 Å². The summed E-state index contributed by atoms with van der Waals surface area (Å²) in [6, 6.07) is 6.41. The highest BCUT2D eigenvalue weighted by molar-refractivity contribution is 7.91. The van der Waals surface area contributed by atoms with Gasteiger partial charge in [0.25, 0.3) is 0 Å². The van der Waals surface area contributed by atoms with Crippen molar-refractivity contribution in [3.63, 3.8) is 0 Å². The summed E-state index contributed by atoms with van der Waals surface area (Å²) in [6.45, 7) is 3.50. The third-order valence-electron chi connectivity index (χ3n) is 2.85. The lowest BCUT2D eigenvalue weighted by atomic mass is 10.2. The molecular formula is C13H20N2O2S2. The fourth-order valence-corrected chi connectivity index (χ4v) is 3.19. The van der Waals surface area contributed by atoms with Crippen LogP contribution < -0.4 is 5.73 Å². The second kappa shape index (κ2) is 6.98. The smallest absolute Gasteiger partial charge is 0.179 e. The van der Waals surface area contributed by atoms with Gasteiger partial charge in [-0.25, -0.2) is 8.42 Å². The summed E-state index contributed by atoms with van der Waals surface area (Å²) in [7, 11) is -1.32. The summed E-state index contributed by atoms with van der Waals surface area (Å²) in [5.74, 6) is 0.121. The van der Waals surface area contributed by atoms with Gasteiger partial charge in [0.15, 0.2) is 9.84 Å². The SMILES string of the molecule is CCCN(C)CCS(=O)(=O)c1ccc(C(N)=S)cc1. The molecule has 0 fully saturated rings. The molecule has 0 aliphatic heterocycles. The highest BCUT2D eigenvalue weighted by Gasteiger charge is 2.15. The van der Waals surface area contributed by atoms with Gasteiger partial charge < -0.3 is 10.6 Å². The first-order chi connectivity index (χ1) is 8.86. The van der Waals surface area contributed by atoms with Gasteiger partial charge >= 0.3 is 0 Å². The zero-order valence-electron chi connectivity index (χ0n) is 11.3. The molecule has 2 N–H and O–H groups in total. The lowest BCUT2D eigenvalue weighted by molar-refractivity contribution is 0.354. The highest BCUT2D eigenvalue weighted by atomic mass is 32.2. The minimum atomic E-state index is -3.24. The number of hydrogen-bond donors (Lipinski definition) is 1. The van der Waals surface area contributed by atoms with E-state index in [1.807, 2.05) is 11.9 Å². The van der Waals surface area contributed by atoms with E-state index >= 15 is 0 Å². The third kappa shape index (κ3) is 4.89. The Bertz CT molecular complexity index is 524.